The third-order valence-corrected chi connectivity index (χ3v) is 3.27. The van der Waals surface area contributed by atoms with Crippen LogP contribution in [0.5, 0.6) is 0 Å². The van der Waals surface area contributed by atoms with Crippen LogP contribution >= 0.6 is 15.9 Å². The Bertz CT molecular complexity index is 548. The molecule has 1 N–H and O–H groups in total. The van der Waals surface area contributed by atoms with Crippen molar-refractivity contribution in [2.75, 3.05) is 0 Å². The molecule has 1 aromatic carbocycles. The molecule has 0 radical (unpaired) electrons. The van der Waals surface area contributed by atoms with E-state index in [-0.39, 0.29) is 18.5 Å². The average Bonchev–Trinajstić information content (AvgIpc) is 2.72. The Morgan fingerprint density at radius 2 is 2.11 bits per heavy atom. The van der Waals surface area contributed by atoms with Crippen molar-refractivity contribution < 1.29 is 9.50 Å². The lowest BCUT2D eigenvalue weighted by Gasteiger charge is -2.14. The molecule has 0 unspecified atom stereocenters. The van der Waals surface area contributed by atoms with Gasteiger partial charge in [-0.3, -0.25) is 0 Å². The number of aromatic nitrogens is 3. The normalized spacial score (nSPS) is 11.2. The number of hydrogen-bond acceptors (Lipinski definition) is 3. The molecule has 0 saturated carbocycles. The second-order valence-corrected chi connectivity index (χ2v) is 5.01. The van der Waals surface area contributed by atoms with Gasteiger partial charge in [-0.1, -0.05) is 6.07 Å². The molecule has 0 atom stereocenters. The van der Waals surface area contributed by atoms with E-state index in [4.69, 9.17) is 0 Å². The van der Waals surface area contributed by atoms with Crippen molar-refractivity contribution in [3.8, 4) is 11.4 Å². The summed E-state index contributed by atoms with van der Waals surface area (Å²) in [7, 11) is 0. The zero-order chi connectivity index (χ0) is 13.3. The highest BCUT2D eigenvalue weighted by Crippen LogP contribution is 2.31. The monoisotopic (exact) mass is 313 g/mol. The smallest absolute Gasteiger partial charge is 0.168 e. The van der Waals surface area contributed by atoms with Gasteiger partial charge in [-0.25, -0.2) is 4.39 Å². The Labute approximate surface area is 113 Å². The lowest BCUT2D eigenvalue weighted by Crippen LogP contribution is -2.09. The first-order chi connectivity index (χ1) is 8.56. The standard InChI is InChI=1S/C12H13BrFN3O/c1-7(2)17-10(6-18)15-16-12(17)11-8(13)4-3-5-9(11)14/h3-5,7,18H,6H2,1-2H3. The van der Waals surface area contributed by atoms with E-state index in [1.165, 1.54) is 6.07 Å². The molecule has 2 aromatic rings. The summed E-state index contributed by atoms with van der Waals surface area (Å²) in [6.45, 7) is 3.64. The zero-order valence-corrected chi connectivity index (χ0v) is 11.6. The highest BCUT2D eigenvalue weighted by molar-refractivity contribution is 9.10. The Hall–Kier alpha value is -1.27. The van der Waals surface area contributed by atoms with Crippen molar-refractivity contribution in [3.63, 3.8) is 0 Å². The number of aliphatic hydroxyl groups excluding tert-OH is 1. The van der Waals surface area contributed by atoms with E-state index in [1.54, 1.807) is 16.7 Å². The topological polar surface area (TPSA) is 50.9 Å². The minimum Gasteiger partial charge on any atom is -0.388 e. The van der Waals surface area contributed by atoms with E-state index in [9.17, 15) is 9.50 Å². The molecular weight excluding hydrogens is 301 g/mol. The van der Waals surface area contributed by atoms with Gasteiger partial charge in [0.05, 0.1) is 5.56 Å². The first kappa shape index (κ1) is 13.2. The maximum absolute atomic E-state index is 13.9. The lowest BCUT2D eigenvalue weighted by atomic mass is 10.2. The quantitative estimate of drug-likeness (QED) is 0.948. The third-order valence-electron chi connectivity index (χ3n) is 2.61. The summed E-state index contributed by atoms with van der Waals surface area (Å²) >= 11 is 3.31. The van der Waals surface area contributed by atoms with Crippen LogP contribution in [-0.2, 0) is 6.61 Å². The molecule has 0 aliphatic carbocycles. The molecule has 0 aliphatic heterocycles. The lowest BCUT2D eigenvalue weighted by molar-refractivity contribution is 0.262. The van der Waals surface area contributed by atoms with Crippen molar-refractivity contribution in [2.45, 2.75) is 26.5 Å². The predicted molar refractivity (Wildman–Crippen MR) is 69.4 cm³/mol. The van der Waals surface area contributed by atoms with Gasteiger partial charge in [0.15, 0.2) is 11.6 Å². The summed E-state index contributed by atoms with van der Waals surface area (Å²) in [6, 6.07) is 4.77. The predicted octanol–water partition coefficient (Wildman–Crippen LogP) is 2.92. The number of aliphatic hydroxyl groups is 1. The van der Waals surface area contributed by atoms with Gasteiger partial charge in [0.25, 0.3) is 0 Å². The maximum atomic E-state index is 13.9. The molecule has 0 bridgehead atoms. The first-order valence-corrected chi connectivity index (χ1v) is 6.34. The molecule has 1 heterocycles. The molecule has 1 aromatic heterocycles. The molecule has 96 valence electrons. The largest absolute Gasteiger partial charge is 0.388 e. The van der Waals surface area contributed by atoms with Crippen molar-refractivity contribution in [1.29, 1.82) is 0 Å². The summed E-state index contributed by atoms with van der Waals surface area (Å²) in [5.41, 5.74) is 0.360. The van der Waals surface area contributed by atoms with Crippen LogP contribution in [0.25, 0.3) is 11.4 Å². The number of benzene rings is 1. The van der Waals surface area contributed by atoms with Gasteiger partial charge in [0.2, 0.25) is 0 Å². The van der Waals surface area contributed by atoms with Crippen LogP contribution in [0.1, 0.15) is 25.7 Å². The molecule has 6 heteroatoms. The Morgan fingerprint density at radius 1 is 1.39 bits per heavy atom. The van der Waals surface area contributed by atoms with E-state index in [0.29, 0.717) is 21.7 Å². The van der Waals surface area contributed by atoms with Crippen LogP contribution in [-0.4, -0.2) is 19.9 Å². The van der Waals surface area contributed by atoms with Crippen LogP contribution in [0.4, 0.5) is 4.39 Å². The highest BCUT2D eigenvalue weighted by atomic mass is 79.9. The summed E-state index contributed by atoms with van der Waals surface area (Å²) in [5.74, 6) is 0.470. The Balaban J connectivity index is 2.68. The highest BCUT2D eigenvalue weighted by Gasteiger charge is 2.20. The van der Waals surface area contributed by atoms with E-state index >= 15 is 0 Å². The zero-order valence-electron chi connectivity index (χ0n) is 10.1. The fourth-order valence-corrected chi connectivity index (χ4v) is 2.38. The van der Waals surface area contributed by atoms with Crippen molar-refractivity contribution in [1.82, 2.24) is 14.8 Å². The number of rotatable bonds is 3. The van der Waals surface area contributed by atoms with E-state index in [1.807, 2.05) is 13.8 Å². The number of nitrogens with zero attached hydrogens (tertiary/aromatic N) is 3. The first-order valence-electron chi connectivity index (χ1n) is 5.55. The summed E-state index contributed by atoms with van der Waals surface area (Å²) in [4.78, 5) is 0. The minimum atomic E-state index is -0.372. The van der Waals surface area contributed by atoms with E-state index < -0.39 is 0 Å². The Kier molecular flexibility index (Phi) is 3.77. The minimum absolute atomic E-state index is 0.0312. The molecule has 0 fully saturated rings. The SMILES string of the molecule is CC(C)n1c(CO)nnc1-c1c(F)cccc1Br. The van der Waals surface area contributed by atoms with Crippen LogP contribution in [0.2, 0.25) is 0 Å². The van der Waals surface area contributed by atoms with Gasteiger partial charge in [-0.15, -0.1) is 10.2 Å². The third kappa shape index (κ3) is 2.18. The van der Waals surface area contributed by atoms with Crippen molar-refractivity contribution >= 4 is 15.9 Å². The van der Waals surface area contributed by atoms with Crippen LogP contribution in [0.3, 0.4) is 0 Å². The second-order valence-electron chi connectivity index (χ2n) is 4.16. The molecule has 18 heavy (non-hydrogen) atoms. The molecule has 0 amide bonds. The van der Waals surface area contributed by atoms with Crippen LogP contribution in [0.15, 0.2) is 22.7 Å². The maximum Gasteiger partial charge on any atom is 0.168 e. The fraction of sp³-hybridized carbons (Fsp3) is 0.333. The number of hydrogen-bond donors (Lipinski definition) is 1. The van der Waals surface area contributed by atoms with Crippen LogP contribution in [0, 0.1) is 5.82 Å². The molecule has 0 saturated heterocycles. The second kappa shape index (κ2) is 5.16. The van der Waals surface area contributed by atoms with Gasteiger partial charge in [-0.2, -0.15) is 0 Å². The summed E-state index contributed by atoms with van der Waals surface area (Å²) in [6.07, 6.45) is 0. The van der Waals surface area contributed by atoms with Gasteiger partial charge < -0.3 is 9.67 Å². The van der Waals surface area contributed by atoms with Crippen molar-refractivity contribution in [2.24, 2.45) is 0 Å². The molecule has 2 rings (SSSR count). The molecule has 4 nitrogen and oxygen atoms in total. The van der Waals surface area contributed by atoms with Gasteiger partial charge in [-0.05, 0) is 41.9 Å². The summed E-state index contributed by atoms with van der Waals surface area (Å²) in [5, 5.41) is 17.1. The summed E-state index contributed by atoms with van der Waals surface area (Å²) < 4.78 is 16.3. The van der Waals surface area contributed by atoms with Gasteiger partial charge >= 0.3 is 0 Å². The average molecular weight is 314 g/mol. The Morgan fingerprint density at radius 3 is 2.67 bits per heavy atom. The van der Waals surface area contributed by atoms with E-state index in [2.05, 4.69) is 26.1 Å². The van der Waals surface area contributed by atoms with E-state index in [0.717, 1.165) is 0 Å². The number of halogens is 2. The van der Waals surface area contributed by atoms with Crippen LogP contribution < -0.4 is 0 Å². The fourth-order valence-electron chi connectivity index (χ4n) is 1.86. The molecular formula is C12H13BrFN3O. The molecule has 0 spiro atoms. The van der Waals surface area contributed by atoms with Gasteiger partial charge in [0.1, 0.15) is 12.4 Å². The van der Waals surface area contributed by atoms with Gasteiger partial charge in [0, 0.05) is 10.5 Å². The van der Waals surface area contributed by atoms with Crippen molar-refractivity contribution in [3.05, 3.63) is 34.3 Å². The molecule has 0 aliphatic rings.